The van der Waals surface area contributed by atoms with Crippen molar-refractivity contribution in [2.75, 3.05) is 11.9 Å². The van der Waals surface area contributed by atoms with Gasteiger partial charge in [0.05, 0.1) is 0 Å². The second-order valence-electron chi connectivity index (χ2n) is 5.08. The maximum absolute atomic E-state index is 11.1. The number of phosphoric acid groups is 1. The molecule has 0 aliphatic carbocycles. The van der Waals surface area contributed by atoms with Crippen LogP contribution in [0.1, 0.15) is 18.1 Å². The normalized spacial score (nSPS) is 14.3. The third-order valence-corrected chi connectivity index (χ3v) is 4.18. The Morgan fingerprint density at radius 3 is 1.92 bits per heavy atom. The van der Waals surface area contributed by atoms with Crippen LogP contribution >= 0.6 is 7.82 Å². The van der Waals surface area contributed by atoms with Gasteiger partial charge in [0.1, 0.15) is 5.76 Å². The SMILES string of the molecule is CC(OP(=O)([O-])O)=C1c2ccccc2N(C)c2ccccc21.[Na+].[Na]. The van der Waals surface area contributed by atoms with E-state index in [1.54, 1.807) is 0 Å². The minimum Gasteiger partial charge on any atom is -0.746 e. The van der Waals surface area contributed by atoms with E-state index in [4.69, 9.17) is 9.42 Å². The van der Waals surface area contributed by atoms with Gasteiger partial charge < -0.3 is 19.2 Å². The number of hydrogen-bond acceptors (Lipinski definition) is 4. The van der Waals surface area contributed by atoms with Crippen LogP contribution in [0.5, 0.6) is 0 Å². The average molecular weight is 362 g/mol. The Morgan fingerprint density at radius 1 is 1.08 bits per heavy atom. The van der Waals surface area contributed by atoms with E-state index >= 15 is 0 Å². The average Bonchev–Trinajstić information content (AvgIpc) is 2.46. The molecular formula is C16H15NNa2O4P. The Labute approximate surface area is 185 Å². The molecule has 1 aliphatic heterocycles. The topological polar surface area (TPSA) is 72.8 Å². The fraction of sp³-hybridized carbons (Fsp3) is 0.125. The molecular weight excluding hydrogens is 347 g/mol. The monoisotopic (exact) mass is 362 g/mol. The summed E-state index contributed by atoms with van der Waals surface area (Å²) < 4.78 is 15.8. The molecule has 1 N–H and O–H groups in total. The smallest absolute Gasteiger partial charge is 0.746 e. The van der Waals surface area contributed by atoms with Crippen molar-refractivity contribution in [1.29, 1.82) is 0 Å². The summed E-state index contributed by atoms with van der Waals surface area (Å²) in [6.07, 6.45) is 0. The van der Waals surface area contributed by atoms with Crippen molar-refractivity contribution in [2.24, 2.45) is 0 Å². The van der Waals surface area contributed by atoms with Gasteiger partial charge in [-0.05, 0) is 19.1 Å². The third-order valence-electron chi connectivity index (χ3n) is 3.67. The van der Waals surface area contributed by atoms with Gasteiger partial charge in [-0.15, -0.1) is 0 Å². The van der Waals surface area contributed by atoms with Gasteiger partial charge in [-0.2, -0.15) is 0 Å². The Balaban J connectivity index is 0.00000144. The molecule has 1 aliphatic rings. The van der Waals surface area contributed by atoms with Crippen molar-refractivity contribution in [3.05, 3.63) is 65.4 Å². The third kappa shape index (κ3) is 4.36. The maximum atomic E-state index is 11.1. The number of phosphoric ester groups is 1. The van der Waals surface area contributed by atoms with Crippen LogP contribution in [0.15, 0.2) is 54.3 Å². The summed E-state index contributed by atoms with van der Waals surface area (Å²) in [6.45, 7) is 1.54. The molecule has 3 rings (SSSR count). The zero-order chi connectivity index (χ0) is 15.9. The zero-order valence-electron chi connectivity index (χ0n) is 14.2. The van der Waals surface area contributed by atoms with E-state index in [0.29, 0.717) is 5.57 Å². The molecule has 115 valence electrons. The Kier molecular flexibility index (Phi) is 7.82. The van der Waals surface area contributed by atoms with Crippen LogP contribution in [0.3, 0.4) is 0 Å². The van der Waals surface area contributed by atoms with Crippen molar-refractivity contribution in [3.8, 4) is 0 Å². The number of anilines is 2. The van der Waals surface area contributed by atoms with Gasteiger partial charge in [-0.1, -0.05) is 36.4 Å². The van der Waals surface area contributed by atoms with Gasteiger partial charge in [0.2, 0.25) is 0 Å². The van der Waals surface area contributed by atoms with Gasteiger partial charge in [-0.3, -0.25) is 4.57 Å². The molecule has 8 heteroatoms. The van der Waals surface area contributed by atoms with Crippen molar-refractivity contribution >= 4 is 54.3 Å². The van der Waals surface area contributed by atoms with Crippen LogP contribution in [0.2, 0.25) is 0 Å². The fourth-order valence-electron chi connectivity index (χ4n) is 2.83. The van der Waals surface area contributed by atoms with Crippen molar-refractivity contribution in [2.45, 2.75) is 6.92 Å². The van der Waals surface area contributed by atoms with Crippen LogP contribution in [0.25, 0.3) is 5.57 Å². The van der Waals surface area contributed by atoms with Crippen molar-refractivity contribution in [1.82, 2.24) is 0 Å². The van der Waals surface area contributed by atoms with Crippen LogP contribution in [-0.2, 0) is 9.09 Å². The number of benzene rings is 2. The van der Waals surface area contributed by atoms with Crippen LogP contribution < -0.4 is 39.4 Å². The molecule has 1 unspecified atom stereocenters. The van der Waals surface area contributed by atoms with Gasteiger partial charge in [0.25, 0.3) is 0 Å². The van der Waals surface area contributed by atoms with Gasteiger partial charge in [-0.25, -0.2) is 0 Å². The second kappa shape index (κ2) is 8.54. The first-order chi connectivity index (χ1) is 10.4. The number of para-hydroxylation sites is 2. The molecule has 0 bridgehead atoms. The molecule has 2 aromatic rings. The van der Waals surface area contributed by atoms with E-state index in [-0.39, 0.29) is 64.9 Å². The molecule has 0 spiro atoms. The summed E-state index contributed by atoms with van der Waals surface area (Å²) in [5.74, 6) is 0.147. The number of rotatable bonds is 2. The number of hydrogen-bond donors (Lipinski definition) is 1. The van der Waals surface area contributed by atoms with E-state index in [2.05, 4.69) is 0 Å². The molecule has 0 amide bonds. The van der Waals surface area contributed by atoms with E-state index < -0.39 is 7.82 Å². The zero-order valence-corrected chi connectivity index (χ0v) is 19.1. The summed E-state index contributed by atoms with van der Waals surface area (Å²) in [4.78, 5) is 22.1. The number of fused-ring (bicyclic) bond motifs is 2. The van der Waals surface area contributed by atoms with Crippen LogP contribution in [0.4, 0.5) is 11.4 Å². The summed E-state index contributed by atoms with van der Waals surface area (Å²) in [5.41, 5.74) is 4.26. The Bertz CT molecular complexity index is 770. The predicted octanol–water partition coefficient (Wildman–Crippen LogP) is -0.352. The Morgan fingerprint density at radius 2 is 1.50 bits per heavy atom. The first kappa shape index (κ1) is 22.0. The molecule has 5 nitrogen and oxygen atoms in total. The maximum Gasteiger partial charge on any atom is 1.00 e. The molecule has 0 saturated heterocycles. The molecule has 1 radical (unpaired) electrons. The van der Waals surface area contributed by atoms with Crippen molar-refractivity contribution < 1.29 is 48.4 Å². The first-order valence-electron chi connectivity index (χ1n) is 6.75. The molecule has 1 heterocycles. The molecule has 0 fully saturated rings. The molecule has 24 heavy (non-hydrogen) atoms. The first-order valence-corrected chi connectivity index (χ1v) is 8.25. The minimum atomic E-state index is -4.85. The van der Waals surface area contributed by atoms with E-state index in [1.165, 1.54) is 6.92 Å². The van der Waals surface area contributed by atoms with Crippen LogP contribution in [-0.4, -0.2) is 41.5 Å². The molecule has 2 aromatic carbocycles. The second-order valence-corrected chi connectivity index (χ2v) is 6.20. The minimum absolute atomic E-state index is 0. The predicted molar refractivity (Wildman–Crippen MR) is 89.3 cm³/mol. The quantitative estimate of drug-likeness (QED) is 0.449. The van der Waals surface area contributed by atoms with Gasteiger partial charge in [0.15, 0.2) is 0 Å². The standard InChI is InChI=1S/C16H16NO4P.2Na/c1-11(21-22(18,19)20)16-12-7-3-5-9-14(12)17(2)15-10-6-4-8-13(15)16;;/h3-10H,1-2H3,(H2,18,19,20);;/q;;+1/p-1. The van der Waals surface area contributed by atoms with Crippen LogP contribution in [0, 0.1) is 0 Å². The number of nitrogens with zero attached hydrogens (tertiary/aromatic N) is 1. The molecule has 0 saturated carbocycles. The van der Waals surface area contributed by atoms with E-state index in [0.717, 1.165) is 22.5 Å². The largest absolute Gasteiger partial charge is 1.00 e. The summed E-state index contributed by atoms with van der Waals surface area (Å²) in [6, 6.07) is 15.3. The molecule has 0 aromatic heterocycles. The van der Waals surface area contributed by atoms with Crippen molar-refractivity contribution in [3.63, 3.8) is 0 Å². The number of allylic oxidation sites excluding steroid dienone is 1. The summed E-state index contributed by atoms with van der Waals surface area (Å²) in [7, 11) is -2.90. The fourth-order valence-corrected chi connectivity index (χ4v) is 3.27. The summed E-state index contributed by atoms with van der Waals surface area (Å²) in [5, 5.41) is 0. The van der Waals surface area contributed by atoms with E-state index in [1.807, 2.05) is 60.5 Å². The molecule has 1 atom stereocenters. The van der Waals surface area contributed by atoms with Gasteiger partial charge >= 0.3 is 37.4 Å². The van der Waals surface area contributed by atoms with E-state index in [9.17, 15) is 9.46 Å². The Hall–Kier alpha value is -0.0700. The van der Waals surface area contributed by atoms with Gasteiger partial charge in [0, 0.05) is 64.7 Å². The summed E-state index contributed by atoms with van der Waals surface area (Å²) >= 11 is 0.